The van der Waals surface area contributed by atoms with E-state index in [1.165, 1.54) is 20.3 Å². The second kappa shape index (κ2) is 5.67. The van der Waals surface area contributed by atoms with Gasteiger partial charge in [0.2, 0.25) is 0 Å². The summed E-state index contributed by atoms with van der Waals surface area (Å²) in [5.74, 6) is 0. The number of nitrogens with zero attached hydrogens (tertiary/aromatic N) is 2. The number of benzene rings is 1. The van der Waals surface area contributed by atoms with E-state index in [2.05, 4.69) is 65.9 Å². The molecule has 0 aliphatic heterocycles. The average Bonchev–Trinajstić information content (AvgIpc) is 2.78. The fraction of sp³-hybridized carbons (Fsp3) is 0.357. The van der Waals surface area contributed by atoms with E-state index < -0.39 is 0 Å². The van der Waals surface area contributed by atoms with Gasteiger partial charge in [-0.25, -0.2) is 0 Å². The van der Waals surface area contributed by atoms with Crippen LogP contribution in [0.5, 0.6) is 0 Å². The molecule has 0 atom stereocenters. The summed E-state index contributed by atoms with van der Waals surface area (Å²) in [5, 5.41) is 4.37. The predicted molar refractivity (Wildman–Crippen MR) is 80.0 cm³/mol. The van der Waals surface area contributed by atoms with Gasteiger partial charge in [0.25, 0.3) is 0 Å². The topological polar surface area (TPSA) is 17.8 Å². The van der Waals surface area contributed by atoms with Crippen molar-refractivity contribution in [1.82, 2.24) is 9.78 Å². The van der Waals surface area contributed by atoms with Gasteiger partial charge in [-0.1, -0.05) is 26.0 Å². The van der Waals surface area contributed by atoms with Crippen LogP contribution >= 0.6 is 22.6 Å². The van der Waals surface area contributed by atoms with E-state index in [4.69, 9.17) is 0 Å². The summed E-state index contributed by atoms with van der Waals surface area (Å²) < 4.78 is 3.35. The maximum atomic E-state index is 4.37. The summed E-state index contributed by atoms with van der Waals surface area (Å²) in [4.78, 5) is 0. The molecule has 90 valence electrons. The van der Waals surface area contributed by atoms with Gasteiger partial charge in [-0.3, -0.25) is 4.68 Å². The van der Waals surface area contributed by atoms with Gasteiger partial charge in [-0.15, -0.1) is 0 Å². The molecule has 1 aromatic carbocycles. The highest BCUT2D eigenvalue weighted by molar-refractivity contribution is 14.1. The summed E-state index contributed by atoms with van der Waals surface area (Å²) in [5.41, 5.74) is 3.88. The van der Waals surface area contributed by atoms with Crippen LogP contribution in [0, 0.1) is 3.57 Å². The Morgan fingerprint density at radius 1 is 1.24 bits per heavy atom. The van der Waals surface area contributed by atoms with Crippen molar-refractivity contribution in [2.24, 2.45) is 0 Å². The second-order valence-electron chi connectivity index (χ2n) is 4.15. The average molecular weight is 340 g/mol. The molecular weight excluding hydrogens is 323 g/mol. The molecule has 0 fully saturated rings. The molecule has 2 rings (SSSR count). The zero-order valence-corrected chi connectivity index (χ0v) is 12.4. The highest BCUT2D eigenvalue weighted by atomic mass is 127. The second-order valence-corrected chi connectivity index (χ2v) is 5.31. The van der Waals surface area contributed by atoms with E-state index in [0.29, 0.717) is 0 Å². The quantitative estimate of drug-likeness (QED) is 0.766. The summed E-state index contributed by atoms with van der Waals surface area (Å²) in [6, 6.07) is 6.65. The van der Waals surface area contributed by atoms with E-state index in [0.717, 1.165) is 19.4 Å². The van der Waals surface area contributed by atoms with Gasteiger partial charge >= 0.3 is 0 Å². The van der Waals surface area contributed by atoms with Gasteiger partial charge in [-0.05, 0) is 52.6 Å². The zero-order chi connectivity index (χ0) is 12.3. The molecule has 17 heavy (non-hydrogen) atoms. The lowest BCUT2D eigenvalue weighted by Gasteiger charge is -2.03. The lowest BCUT2D eigenvalue weighted by molar-refractivity contribution is 0.603. The fourth-order valence-corrected chi connectivity index (χ4v) is 2.77. The molecule has 1 heterocycles. The first-order valence-corrected chi connectivity index (χ1v) is 7.13. The number of halogens is 1. The minimum atomic E-state index is 0.990. The normalized spacial score (nSPS) is 10.8. The summed E-state index contributed by atoms with van der Waals surface area (Å²) in [6.07, 6.45) is 6.29. The largest absolute Gasteiger partial charge is 0.272 e. The van der Waals surface area contributed by atoms with Crippen LogP contribution in [0.2, 0.25) is 0 Å². The van der Waals surface area contributed by atoms with E-state index in [1.807, 2.05) is 10.9 Å². The van der Waals surface area contributed by atoms with E-state index in [-0.39, 0.29) is 0 Å². The Labute approximate surface area is 116 Å². The Balaban J connectivity index is 2.29. The monoisotopic (exact) mass is 340 g/mol. The van der Waals surface area contributed by atoms with Crippen LogP contribution in [0.1, 0.15) is 25.8 Å². The highest BCUT2D eigenvalue weighted by Crippen LogP contribution is 2.23. The summed E-state index contributed by atoms with van der Waals surface area (Å²) in [6.45, 7) is 5.35. The Hall–Kier alpha value is -0.840. The van der Waals surface area contributed by atoms with Gasteiger partial charge in [-0.2, -0.15) is 5.10 Å². The molecule has 2 aromatic rings. The zero-order valence-electron chi connectivity index (χ0n) is 10.3. The Kier molecular flexibility index (Phi) is 4.20. The number of aromatic nitrogens is 2. The minimum Gasteiger partial charge on any atom is -0.272 e. The van der Waals surface area contributed by atoms with Gasteiger partial charge in [0.1, 0.15) is 0 Å². The van der Waals surface area contributed by atoms with Crippen molar-refractivity contribution in [2.75, 3.05) is 0 Å². The van der Waals surface area contributed by atoms with Crippen molar-refractivity contribution < 1.29 is 0 Å². The number of hydrogen-bond donors (Lipinski definition) is 0. The first kappa shape index (κ1) is 12.6. The Bertz CT molecular complexity index is 503. The minimum absolute atomic E-state index is 0.990. The lowest BCUT2D eigenvalue weighted by atomic mass is 10.1. The summed E-state index contributed by atoms with van der Waals surface area (Å²) >= 11 is 2.41. The fourth-order valence-electron chi connectivity index (χ4n) is 1.88. The smallest absolute Gasteiger partial charge is 0.0568 e. The molecule has 0 spiro atoms. The van der Waals surface area contributed by atoms with Crippen molar-refractivity contribution >= 4 is 22.6 Å². The summed E-state index contributed by atoms with van der Waals surface area (Å²) in [7, 11) is 0. The van der Waals surface area contributed by atoms with Gasteiger partial charge < -0.3 is 0 Å². The van der Waals surface area contributed by atoms with Gasteiger partial charge in [0, 0.05) is 21.9 Å². The molecular formula is C14H17IN2. The van der Waals surface area contributed by atoms with Gasteiger partial charge in [0.05, 0.1) is 6.20 Å². The van der Waals surface area contributed by atoms with Crippen LogP contribution in [0.25, 0.3) is 11.1 Å². The van der Waals surface area contributed by atoms with Crippen LogP contribution in [-0.2, 0) is 13.0 Å². The Morgan fingerprint density at radius 3 is 2.71 bits per heavy atom. The van der Waals surface area contributed by atoms with E-state index in [1.54, 1.807) is 0 Å². The molecule has 2 nitrogen and oxygen atoms in total. The molecule has 0 aliphatic rings. The Morgan fingerprint density at radius 2 is 2.06 bits per heavy atom. The van der Waals surface area contributed by atoms with Crippen LogP contribution in [-0.4, -0.2) is 9.78 Å². The third kappa shape index (κ3) is 2.89. The van der Waals surface area contributed by atoms with E-state index in [9.17, 15) is 0 Å². The van der Waals surface area contributed by atoms with Crippen LogP contribution in [0.15, 0.2) is 30.6 Å². The maximum Gasteiger partial charge on any atom is 0.0568 e. The lowest BCUT2D eigenvalue weighted by Crippen LogP contribution is -1.95. The SMILES string of the molecule is CCCn1cc(-c2ccc(CC)c(I)c2)cn1. The van der Waals surface area contributed by atoms with Crippen molar-refractivity contribution in [2.45, 2.75) is 33.2 Å². The van der Waals surface area contributed by atoms with Crippen molar-refractivity contribution in [3.63, 3.8) is 0 Å². The van der Waals surface area contributed by atoms with Gasteiger partial charge in [0.15, 0.2) is 0 Å². The first-order chi connectivity index (χ1) is 8.24. The molecule has 3 heteroatoms. The van der Waals surface area contributed by atoms with Crippen molar-refractivity contribution in [1.29, 1.82) is 0 Å². The molecule has 0 saturated heterocycles. The number of hydrogen-bond acceptors (Lipinski definition) is 1. The predicted octanol–water partition coefficient (Wildman–Crippen LogP) is 4.13. The third-order valence-corrected chi connectivity index (χ3v) is 3.86. The molecule has 0 aliphatic carbocycles. The first-order valence-electron chi connectivity index (χ1n) is 6.05. The number of aryl methyl sites for hydroxylation is 2. The highest BCUT2D eigenvalue weighted by Gasteiger charge is 2.04. The molecule has 0 N–H and O–H groups in total. The molecule has 0 saturated carbocycles. The van der Waals surface area contributed by atoms with Crippen molar-refractivity contribution in [3.05, 3.63) is 39.7 Å². The van der Waals surface area contributed by atoms with Crippen LogP contribution in [0.4, 0.5) is 0 Å². The molecule has 0 bridgehead atoms. The maximum absolute atomic E-state index is 4.37. The number of rotatable bonds is 4. The standard InChI is InChI=1S/C14H17IN2/c1-3-7-17-10-13(9-16-17)12-6-5-11(4-2)14(15)8-12/h5-6,8-10H,3-4,7H2,1-2H3. The molecule has 0 unspecified atom stereocenters. The van der Waals surface area contributed by atoms with Crippen LogP contribution in [0.3, 0.4) is 0 Å². The molecule has 0 amide bonds. The molecule has 0 radical (unpaired) electrons. The third-order valence-electron chi connectivity index (χ3n) is 2.85. The van der Waals surface area contributed by atoms with Crippen LogP contribution < -0.4 is 0 Å². The van der Waals surface area contributed by atoms with Crippen molar-refractivity contribution in [3.8, 4) is 11.1 Å². The molecule has 1 aromatic heterocycles. The van der Waals surface area contributed by atoms with E-state index >= 15 is 0 Å².